The van der Waals surface area contributed by atoms with Crippen LogP contribution in [0.4, 0.5) is 5.69 Å². The Labute approximate surface area is 105 Å². The Kier molecular flexibility index (Phi) is 2.76. The quantitative estimate of drug-likeness (QED) is 0.731. The molecule has 94 valence electrons. The maximum absolute atomic E-state index is 12.4. The van der Waals surface area contributed by atoms with E-state index in [0.717, 1.165) is 25.9 Å². The highest BCUT2D eigenvalue weighted by atomic mass is 16.1. The normalized spacial score (nSPS) is 20.1. The minimum absolute atomic E-state index is 0.000926. The number of benzene rings is 1. The van der Waals surface area contributed by atoms with Crippen molar-refractivity contribution in [2.75, 3.05) is 18.8 Å². The lowest BCUT2D eigenvalue weighted by Gasteiger charge is -2.24. The van der Waals surface area contributed by atoms with E-state index in [1.807, 2.05) is 0 Å². The molecule has 0 bridgehead atoms. The molecule has 3 rings (SSSR count). The summed E-state index contributed by atoms with van der Waals surface area (Å²) in [5.74, 6) is 0. The van der Waals surface area contributed by atoms with Gasteiger partial charge in [0, 0.05) is 12.2 Å². The third-order valence-corrected chi connectivity index (χ3v) is 3.47. The minimum Gasteiger partial charge on any atom is -0.399 e. The van der Waals surface area contributed by atoms with Crippen LogP contribution in [0.3, 0.4) is 0 Å². The van der Waals surface area contributed by atoms with Crippen LogP contribution in [-0.4, -0.2) is 22.6 Å². The fourth-order valence-corrected chi connectivity index (χ4v) is 2.48. The van der Waals surface area contributed by atoms with Crippen LogP contribution in [0.25, 0.3) is 10.9 Å². The van der Waals surface area contributed by atoms with Crippen molar-refractivity contribution in [2.45, 2.75) is 18.9 Å². The molecule has 2 aromatic rings. The number of nitrogens with two attached hydrogens (primary N) is 1. The van der Waals surface area contributed by atoms with E-state index >= 15 is 0 Å². The van der Waals surface area contributed by atoms with Gasteiger partial charge < -0.3 is 11.1 Å². The summed E-state index contributed by atoms with van der Waals surface area (Å²) in [5.41, 5.74) is 7.04. The Hall–Kier alpha value is -1.88. The molecule has 0 aliphatic carbocycles. The van der Waals surface area contributed by atoms with Gasteiger partial charge in [-0.25, -0.2) is 4.98 Å². The number of hydrogen-bond donors (Lipinski definition) is 2. The van der Waals surface area contributed by atoms with Crippen molar-refractivity contribution in [3.63, 3.8) is 0 Å². The molecule has 2 heterocycles. The Balaban J connectivity index is 2.13. The van der Waals surface area contributed by atoms with Gasteiger partial charge in [0.2, 0.25) is 0 Å². The lowest BCUT2D eigenvalue weighted by atomic mass is 10.1. The minimum atomic E-state index is 0.000926. The van der Waals surface area contributed by atoms with Crippen LogP contribution >= 0.6 is 0 Å². The van der Waals surface area contributed by atoms with E-state index in [4.69, 9.17) is 5.73 Å². The first-order chi connectivity index (χ1) is 8.75. The second-order valence-electron chi connectivity index (χ2n) is 4.73. The number of aromatic nitrogens is 2. The molecular formula is C13H16N4O. The van der Waals surface area contributed by atoms with Gasteiger partial charge in [0.25, 0.3) is 5.56 Å². The Morgan fingerprint density at radius 2 is 2.33 bits per heavy atom. The summed E-state index contributed by atoms with van der Waals surface area (Å²) in [6.45, 7) is 1.86. The second kappa shape index (κ2) is 4.42. The number of hydrogen-bond acceptors (Lipinski definition) is 4. The first-order valence-corrected chi connectivity index (χ1v) is 6.23. The lowest BCUT2D eigenvalue weighted by molar-refractivity contribution is 0.363. The van der Waals surface area contributed by atoms with Crippen LogP contribution in [0.15, 0.2) is 29.3 Å². The van der Waals surface area contributed by atoms with Gasteiger partial charge in [0.05, 0.1) is 23.3 Å². The number of nitrogen functional groups attached to an aromatic ring is 1. The topological polar surface area (TPSA) is 72.9 Å². The number of nitrogens with one attached hydrogen (secondary N) is 1. The standard InChI is InChI=1S/C13H16N4O/c14-9-3-4-12-11(6-9)13(18)17(8-16-12)10-2-1-5-15-7-10/h3-4,6,8,10,15H,1-2,5,7,14H2. The summed E-state index contributed by atoms with van der Waals surface area (Å²) in [4.78, 5) is 16.8. The van der Waals surface area contributed by atoms with Crippen molar-refractivity contribution < 1.29 is 0 Å². The summed E-state index contributed by atoms with van der Waals surface area (Å²) >= 11 is 0. The van der Waals surface area contributed by atoms with E-state index in [0.29, 0.717) is 16.6 Å². The van der Waals surface area contributed by atoms with Crippen LogP contribution < -0.4 is 16.6 Å². The Bertz CT molecular complexity index is 628. The molecule has 0 saturated carbocycles. The molecule has 18 heavy (non-hydrogen) atoms. The monoisotopic (exact) mass is 244 g/mol. The molecule has 5 nitrogen and oxygen atoms in total. The van der Waals surface area contributed by atoms with Crippen molar-refractivity contribution in [1.29, 1.82) is 0 Å². The van der Waals surface area contributed by atoms with Gasteiger partial charge >= 0.3 is 0 Å². The fraction of sp³-hybridized carbons (Fsp3) is 0.385. The molecule has 0 spiro atoms. The van der Waals surface area contributed by atoms with Gasteiger partial charge in [-0.15, -0.1) is 0 Å². The number of fused-ring (bicyclic) bond motifs is 1. The number of nitrogens with zero attached hydrogens (tertiary/aromatic N) is 2. The molecule has 1 fully saturated rings. The summed E-state index contributed by atoms with van der Waals surface area (Å²) in [6.07, 6.45) is 3.76. The van der Waals surface area contributed by atoms with Gasteiger partial charge in [-0.05, 0) is 37.6 Å². The van der Waals surface area contributed by atoms with Crippen LogP contribution in [0.1, 0.15) is 18.9 Å². The molecule has 5 heteroatoms. The molecule has 1 aliphatic rings. The molecule has 1 aliphatic heterocycles. The maximum Gasteiger partial charge on any atom is 0.261 e. The summed E-state index contributed by atoms with van der Waals surface area (Å²) in [7, 11) is 0. The lowest BCUT2D eigenvalue weighted by Crippen LogP contribution is -2.36. The van der Waals surface area contributed by atoms with Gasteiger partial charge in [-0.2, -0.15) is 0 Å². The van der Waals surface area contributed by atoms with Crippen molar-refractivity contribution >= 4 is 16.6 Å². The zero-order valence-corrected chi connectivity index (χ0v) is 10.1. The fourth-order valence-electron chi connectivity index (χ4n) is 2.48. The summed E-state index contributed by atoms with van der Waals surface area (Å²) < 4.78 is 1.73. The Morgan fingerprint density at radius 3 is 3.11 bits per heavy atom. The van der Waals surface area contributed by atoms with E-state index in [2.05, 4.69) is 10.3 Å². The largest absolute Gasteiger partial charge is 0.399 e. The van der Waals surface area contributed by atoms with Gasteiger partial charge in [0.15, 0.2) is 0 Å². The molecule has 0 amide bonds. The second-order valence-corrected chi connectivity index (χ2v) is 4.73. The van der Waals surface area contributed by atoms with Crippen LogP contribution in [0.5, 0.6) is 0 Å². The van der Waals surface area contributed by atoms with Crippen molar-refractivity contribution in [1.82, 2.24) is 14.9 Å². The van der Waals surface area contributed by atoms with Crippen molar-refractivity contribution in [3.8, 4) is 0 Å². The van der Waals surface area contributed by atoms with E-state index < -0.39 is 0 Å². The summed E-state index contributed by atoms with van der Waals surface area (Å²) in [5, 5.41) is 3.91. The van der Waals surface area contributed by atoms with Crippen molar-refractivity contribution in [2.24, 2.45) is 0 Å². The molecule has 1 atom stereocenters. The maximum atomic E-state index is 12.4. The van der Waals surface area contributed by atoms with E-state index in [9.17, 15) is 4.79 Å². The zero-order chi connectivity index (χ0) is 12.5. The smallest absolute Gasteiger partial charge is 0.261 e. The highest BCUT2D eigenvalue weighted by Crippen LogP contribution is 2.16. The highest BCUT2D eigenvalue weighted by molar-refractivity contribution is 5.80. The average molecular weight is 244 g/mol. The zero-order valence-electron chi connectivity index (χ0n) is 10.1. The van der Waals surface area contributed by atoms with E-state index in [1.54, 1.807) is 29.1 Å². The van der Waals surface area contributed by atoms with Crippen LogP contribution in [0.2, 0.25) is 0 Å². The predicted octanol–water partition coefficient (Wildman–Crippen LogP) is 0.903. The molecule has 1 saturated heterocycles. The number of anilines is 1. The van der Waals surface area contributed by atoms with Gasteiger partial charge in [0.1, 0.15) is 0 Å². The van der Waals surface area contributed by atoms with E-state index in [-0.39, 0.29) is 11.6 Å². The summed E-state index contributed by atoms with van der Waals surface area (Å²) in [6, 6.07) is 5.46. The van der Waals surface area contributed by atoms with Gasteiger partial charge in [-0.1, -0.05) is 0 Å². The number of rotatable bonds is 1. The number of piperidine rings is 1. The average Bonchev–Trinajstić information content (AvgIpc) is 2.41. The molecule has 1 unspecified atom stereocenters. The SMILES string of the molecule is Nc1ccc2ncn(C3CCCNC3)c(=O)c2c1. The predicted molar refractivity (Wildman–Crippen MR) is 71.6 cm³/mol. The molecule has 1 aromatic heterocycles. The molecular weight excluding hydrogens is 228 g/mol. The van der Waals surface area contributed by atoms with Crippen molar-refractivity contribution in [3.05, 3.63) is 34.9 Å². The van der Waals surface area contributed by atoms with E-state index in [1.165, 1.54) is 0 Å². The molecule has 3 N–H and O–H groups in total. The first-order valence-electron chi connectivity index (χ1n) is 6.23. The molecule has 1 aromatic carbocycles. The van der Waals surface area contributed by atoms with Crippen LogP contribution in [0, 0.1) is 0 Å². The highest BCUT2D eigenvalue weighted by Gasteiger charge is 2.17. The molecule has 0 radical (unpaired) electrons. The first kappa shape index (κ1) is 11.2. The van der Waals surface area contributed by atoms with Gasteiger partial charge in [-0.3, -0.25) is 9.36 Å². The van der Waals surface area contributed by atoms with Crippen LogP contribution in [-0.2, 0) is 0 Å². The third-order valence-electron chi connectivity index (χ3n) is 3.47. The Morgan fingerprint density at radius 1 is 1.44 bits per heavy atom. The third kappa shape index (κ3) is 1.86.